The third-order valence-corrected chi connectivity index (χ3v) is 2.67. The van der Waals surface area contributed by atoms with Crippen molar-refractivity contribution in [2.75, 3.05) is 12.4 Å². The highest BCUT2D eigenvalue weighted by molar-refractivity contribution is 6.32. The van der Waals surface area contributed by atoms with Gasteiger partial charge in [-0.3, -0.25) is 15.1 Å². The Morgan fingerprint density at radius 1 is 1.37 bits per heavy atom. The molecule has 6 nitrogen and oxygen atoms in total. The van der Waals surface area contributed by atoms with E-state index in [0.717, 1.165) is 5.69 Å². The number of rotatable bonds is 4. The van der Waals surface area contributed by atoms with Crippen LogP contribution in [-0.4, -0.2) is 17.0 Å². The van der Waals surface area contributed by atoms with E-state index in [-0.39, 0.29) is 11.4 Å². The van der Waals surface area contributed by atoms with Crippen molar-refractivity contribution in [1.82, 2.24) is 4.98 Å². The Kier molecular flexibility index (Phi) is 3.82. The van der Waals surface area contributed by atoms with Crippen molar-refractivity contribution >= 4 is 23.0 Å². The number of aromatic nitrogens is 1. The van der Waals surface area contributed by atoms with Crippen molar-refractivity contribution in [3.63, 3.8) is 0 Å². The van der Waals surface area contributed by atoms with Crippen molar-refractivity contribution in [3.05, 3.63) is 51.8 Å². The lowest BCUT2D eigenvalue weighted by atomic mass is 10.3. The number of nitro benzene ring substituents is 1. The van der Waals surface area contributed by atoms with E-state index in [9.17, 15) is 10.1 Å². The molecule has 19 heavy (non-hydrogen) atoms. The second-order valence-electron chi connectivity index (χ2n) is 3.63. The van der Waals surface area contributed by atoms with E-state index in [1.165, 1.54) is 24.4 Å². The quantitative estimate of drug-likeness (QED) is 0.685. The summed E-state index contributed by atoms with van der Waals surface area (Å²) in [5.41, 5.74) is 0.677. The molecule has 0 atom stereocenters. The molecule has 0 unspecified atom stereocenters. The maximum Gasteiger partial charge on any atom is 0.273 e. The van der Waals surface area contributed by atoms with Gasteiger partial charge in [-0.2, -0.15) is 0 Å². The average Bonchev–Trinajstić information content (AvgIpc) is 2.41. The van der Waals surface area contributed by atoms with Gasteiger partial charge in [0.2, 0.25) is 0 Å². The van der Waals surface area contributed by atoms with E-state index in [2.05, 4.69) is 10.3 Å². The highest BCUT2D eigenvalue weighted by atomic mass is 35.5. The van der Waals surface area contributed by atoms with Crippen molar-refractivity contribution < 1.29 is 9.66 Å². The second kappa shape index (κ2) is 5.53. The molecule has 0 aliphatic carbocycles. The highest BCUT2D eigenvalue weighted by Gasteiger charge is 2.11. The molecule has 0 spiro atoms. The molecule has 0 radical (unpaired) electrons. The van der Waals surface area contributed by atoms with Crippen LogP contribution >= 0.6 is 11.6 Å². The normalized spacial score (nSPS) is 10.0. The summed E-state index contributed by atoms with van der Waals surface area (Å²) in [5.74, 6) is 0.653. The Balaban J connectivity index is 2.31. The van der Waals surface area contributed by atoms with Crippen LogP contribution in [0.5, 0.6) is 11.5 Å². The van der Waals surface area contributed by atoms with E-state index >= 15 is 0 Å². The van der Waals surface area contributed by atoms with Crippen LogP contribution in [-0.2, 0) is 0 Å². The van der Waals surface area contributed by atoms with Gasteiger partial charge < -0.3 is 10.1 Å². The number of ether oxygens (including phenoxy) is 1. The third-order valence-electron chi connectivity index (χ3n) is 2.36. The number of halogens is 1. The van der Waals surface area contributed by atoms with Crippen LogP contribution in [0.2, 0.25) is 5.02 Å². The average molecular weight is 280 g/mol. The number of anilines is 1. The summed E-state index contributed by atoms with van der Waals surface area (Å²) in [6.07, 6.45) is 3.12. The zero-order valence-electron chi connectivity index (χ0n) is 9.96. The molecule has 0 aliphatic rings. The number of nitrogens with one attached hydrogen (secondary N) is 1. The van der Waals surface area contributed by atoms with Crippen LogP contribution < -0.4 is 10.1 Å². The molecule has 1 aromatic carbocycles. The highest BCUT2D eigenvalue weighted by Crippen LogP contribution is 2.32. The zero-order chi connectivity index (χ0) is 13.8. The van der Waals surface area contributed by atoms with Gasteiger partial charge in [-0.15, -0.1) is 0 Å². The van der Waals surface area contributed by atoms with Gasteiger partial charge >= 0.3 is 0 Å². The fourth-order valence-corrected chi connectivity index (χ4v) is 1.58. The summed E-state index contributed by atoms with van der Waals surface area (Å²) in [6.45, 7) is 0. The summed E-state index contributed by atoms with van der Waals surface area (Å²) >= 11 is 5.94. The largest absolute Gasteiger partial charge is 0.454 e. The van der Waals surface area contributed by atoms with Crippen molar-refractivity contribution in [2.45, 2.75) is 0 Å². The first-order chi connectivity index (χ1) is 9.10. The zero-order valence-corrected chi connectivity index (χ0v) is 10.7. The Morgan fingerprint density at radius 2 is 2.16 bits per heavy atom. The molecule has 0 amide bonds. The Labute approximate surface area is 114 Å². The van der Waals surface area contributed by atoms with Crippen LogP contribution in [0.1, 0.15) is 0 Å². The monoisotopic (exact) mass is 279 g/mol. The van der Waals surface area contributed by atoms with E-state index in [1.54, 1.807) is 19.3 Å². The summed E-state index contributed by atoms with van der Waals surface area (Å²) in [7, 11) is 1.75. The first-order valence-corrected chi connectivity index (χ1v) is 5.72. The number of benzene rings is 1. The van der Waals surface area contributed by atoms with E-state index in [0.29, 0.717) is 10.8 Å². The minimum Gasteiger partial charge on any atom is -0.454 e. The van der Waals surface area contributed by atoms with Gasteiger partial charge in [0.05, 0.1) is 34.1 Å². The van der Waals surface area contributed by atoms with E-state index in [4.69, 9.17) is 16.3 Å². The van der Waals surface area contributed by atoms with Crippen LogP contribution in [0, 0.1) is 10.1 Å². The minimum absolute atomic E-state index is 0.0860. The molecule has 0 aliphatic heterocycles. The summed E-state index contributed by atoms with van der Waals surface area (Å²) in [4.78, 5) is 14.2. The van der Waals surface area contributed by atoms with Gasteiger partial charge in [0, 0.05) is 19.2 Å². The number of nitrogens with zero attached hydrogens (tertiary/aromatic N) is 2. The van der Waals surface area contributed by atoms with Crippen molar-refractivity contribution in [3.8, 4) is 11.5 Å². The molecule has 0 bridgehead atoms. The van der Waals surface area contributed by atoms with Gasteiger partial charge in [0.15, 0.2) is 5.75 Å². The van der Waals surface area contributed by atoms with E-state index < -0.39 is 4.92 Å². The molecule has 98 valence electrons. The standard InChI is InChI=1S/C12H10ClN3O3/c1-14-8-4-10(7-15-6-8)19-12-5-9(16(17)18)2-3-11(12)13/h2-7,14H,1H3. The summed E-state index contributed by atoms with van der Waals surface area (Å²) in [6, 6.07) is 5.72. The van der Waals surface area contributed by atoms with Gasteiger partial charge in [-0.1, -0.05) is 11.6 Å². The maximum atomic E-state index is 10.7. The molecular weight excluding hydrogens is 270 g/mol. The predicted molar refractivity (Wildman–Crippen MR) is 72.0 cm³/mol. The first kappa shape index (κ1) is 13.1. The number of non-ortho nitro benzene ring substituents is 1. The molecule has 7 heteroatoms. The summed E-state index contributed by atoms with van der Waals surface area (Å²) in [5, 5.41) is 13.9. The molecular formula is C12H10ClN3O3. The van der Waals surface area contributed by atoms with Crippen LogP contribution in [0.25, 0.3) is 0 Å². The fourth-order valence-electron chi connectivity index (χ4n) is 1.42. The maximum absolute atomic E-state index is 10.7. The number of hydrogen-bond acceptors (Lipinski definition) is 5. The molecule has 1 N–H and O–H groups in total. The van der Waals surface area contributed by atoms with Gasteiger partial charge in [-0.25, -0.2) is 0 Å². The first-order valence-electron chi connectivity index (χ1n) is 5.35. The van der Waals surface area contributed by atoms with Gasteiger partial charge in [0.1, 0.15) is 5.75 Å². The number of nitro groups is 1. The topological polar surface area (TPSA) is 77.3 Å². The lowest BCUT2D eigenvalue weighted by molar-refractivity contribution is -0.384. The lowest BCUT2D eigenvalue weighted by Gasteiger charge is -2.08. The minimum atomic E-state index is -0.508. The predicted octanol–water partition coefficient (Wildman–Crippen LogP) is 3.48. The van der Waals surface area contributed by atoms with Gasteiger partial charge in [-0.05, 0) is 6.07 Å². The second-order valence-corrected chi connectivity index (χ2v) is 4.04. The summed E-state index contributed by atoms with van der Waals surface area (Å²) < 4.78 is 5.50. The molecule has 0 saturated carbocycles. The SMILES string of the molecule is CNc1cncc(Oc2cc([N+](=O)[O-])ccc2Cl)c1. The molecule has 0 saturated heterocycles. The Morgan fingerprint density at radius 3 is 2.84 bits per heavy atom. The van der Waals surface area contributed by atoms with E-state index in [1.807, 2.05) is 0 Å². The lowest BCUT2D eigenvalue weighted by Crippen LogP contribution is -1.93. The van der Waals surface area contributed by atoms with Crippen LogP contribution in [0.3, 0.4) is 0 Å². The van der Waals surface area contributed by atoms with Crippen LogP contribution in [0.4, 0.5) is 11.4 Å². The third kappa shape index (κ3) is 3.11. The smallest absolute Gasteiger partial charge is 0.273 e. The van der Waals surface area contributed by atoms with Crippen LogP contribution in [0.15, 0.2) is 36.7 Å². The molecule has 1 aromatic heterocycles. The molecule has 2 aromatic rings. The molecule has 0 fully saturated rings. The van der Waals surface area contributed by atoms with Crippen molar-refractivity contribution in [2.24, 2.45) is 0 Å². The molecule has 2 rings (SSSR count). The molecule has 1 heterocycles. The van der Waals surface area contributed by atoms with Crippen molar-refractivity contribution in [1.29, 1.82) is 0 Å². The Bertz CT molecular complexity index is 619. The van der Waals surface area contributed by atoms with Gasteiger partial charge in [0.25, 0.3) is 5.69 Å². The Hall–Kier alpha value is -2.34. The number of pyridine rings is 1. The fraction of sp³-hybridized carbons (Fsp3) is 0.0833. The number of hydrogen-bond donors (Lipinski definition) is 1.